The molecule has 4 rings (SSSR count). The number of ether oxygens (including phenoxy) is 1. The number of carbonyl (C=O) groups is 2. The van der Waals surface area contributed by atoms with Gasteiger partial charge in [0.15, 0.2) is 0 Å². The van der Waals surface area contributed by atoms with Gasteiger partial charge in [-0.15, -0.1) is 0 Å². The SMILES string of the molecule is COC(=O)C1c2ccccc2C2C(=O)N(Cc3ccccc3)CCN12. The van der Waals surface area contributed by atoms with Gasteiger partial charge in [-0.2, -0.15) is 0 Å². The molecular weight excluding hydrogens is 316 g/mol. The van der Waals surface area contributed by atoms with Crippen molar-refractivity contribution in [3.63, 3.8) is 0 Å². The van der Waals surface area contributed by atoms with E-state index in [1.807, 2.05) is 64.4 Å². The highest BCUT2D eigenvalue weighted by Gasteiger charge is 2.49. The van der Waals surface area contributed by atoms with E-state index < -0.39 is 12.1 Å². The standard InChI is InChI=1S/C20H20N2O3/c1-25-20(24)18-16-10-6-5-9-15(16)17-19(23)21(11-12-22(17)18)13-14-7-3-2-4-8-14/h2-10,17-18H,11-13H2,1H3. The Morgan fingerprint density at radius 2 is 1.72 bits per heavy atom. The van der Waals surface area contributed by atoms with Gasteiger partial charge in [0.05, 0.1) is 7.11 Å². The van der Waals surface area contributed by atoms with Gasteiger partial charge in [0, 0.05) is 19.6 Å². The number of carbonyl (C=O) groups excluding carboxylic acids is 2. The first kappa shape index (κ1) is 15.8. The molecule has 0 radical (unpaired) electrons. The fraction of sp³-hybridized carbons (Fsp3) is 0.300. The van der Waals surface area contributed by atoms with Crippen molar-refractivity contribution in [1.29, 1.82) is 0 Å². The first-order chi connectivity index (χ1) is 12.2. The number of hydrogen-bond acceptors (Lipinski definition) is 4. The highest BCUT2D eigenvalue weighted by atomic mass is 16.5. The van der Waals surface area contributed by atoms with Crippen LogP contribution in [0.3, 0.4) is 0 Å². The number of benzene rings is 2. The number of methoxy groups -OCH3 is 1. The minimum absolute atomic E-state index is 0.0500. The average Bonchev–Trinajstić information content (AvgIpc) is 2.99. The fourth-order valence-corrected chi connectivity index (χ4v) is 3.90. The summed E-state index contributed by atoms with van der Waals surface area (Å²) in [5.74, 6) is -0.256. The van der Waals surface area contributed by atoms with E-state index in [2.05, 4.69) is 0 Å². The van der Waals surface area contributed by atoms with E-state index in [4.69, 9.17) is 4.74 Å². The molecule has 0 aliphatic carbocycles. The molecule has 0 spiro atoms. The second kappa shape index (κ2) is 6.33. The van der Waals surface area contributed by atoms with Crippen LogP contribution >= 0.6 is 0 Å². The van der Waals surface area contributed by atoms with Gasteiger partial charge in [-0.1, -0.05) is 54.6 Å². The maximum absolute atomic E-state index is 13.2. The molecule has 2 aromatic rings. The maximum atomic E-state index is 13.2. The lowest BCUT2D eigenvalue weighted by molar-refractivity contribution is -0.153. The molecule has 2 aromatic carbocycles. The van der Waals surface area contributed by atoms with Gasteiger partial charge in [-0.25, -0.2) is 4.79 Å². The van der Waals surface area contributed by atoms with E-state index >= 15 is 0 Å². The van der Waals surface area contributed by atoms with Crippen molar-refractivity contribution in [2.24, 2.45) is 0 Å². The zero-order chi connectivity index (χ0) is 17.4. The number of amides is 1. The zero-order valence-electron chi connectivity index (χ0n) is 14.1. The van der Waals surface area contributed by atoms with E-state index in [-0.39, 0.29) is 11.9 Å². The first-order valence-corrected chi connectivity index (χ1v) is 8.46. The molecule has 2 atom stereocenters. The Hall–Kier alpha value is -2.66. The normalized spacial score (nSPS) is 22.4. The van der Waals surface area contributed by atoms with Crippen LogP contribution in [0.4, 0.5) is 0 Å². The van der Waals surface area contributed by atoms with Gasteiger partial charge in [0.2, 0.25) is 5.91 Å². The molecule has 5 nitrogen and oxygen atoms in total. The van der Waals surface area contributed by atoms with E-state index in [9.17, 15) is 9.59 Å². The second-order valence-electron chi connectivity index (χ2n) is 6.44. The Balaban J connectivity index is 1.66. The molecule has 5 heteroatoms. The van der Waals surface area contributed by atoms with Crippen LogP contribution in [0.15, 0.2) is 54.6 Å². The number of fused-ring (bicyclic) bond motifs is 3. The molecule has 2 heterocycles. The Labute approximate surface area is 146 Å². The summed E-state index contributed by atoms with van der Waals surface area (Å²) in [5.41, 5.74) is 2.91. The Kier molecular flexibility index (Phi) is 4.01. The third-order valence-electron chi connectivity index (χ3n) is 5.06. The Morgan fingerprint density at radius 1 is 1.04 bits per heavy atom. The molecule has 0 N–H and O–H groups in total. The van der Waals surface area contributed by atoms with E-state index in [0.29, 0.717) is 19.6 Å². The van der Waals surface area contributed by atoms with E-state index in [1.54, 1.807) is 0 Å². The van der Waals surface area contributed by atoms with Crippen LogP contribution in [-0.4, -0.2) is 41.9 Å². The summed E-state index contributed by atoms with van der Waals surface area (Å²) >= 11 is 0. The third-order valence-corrected chi connectivity index (χ3v) is 5.06. The van der Waals surface area contributed by atoms with Crippen LogP contribution in [0.2, 0.25) is 0 Å². The average molecular weight is 336 g/mol. The van der Waals surface area contributed by atoms with Crippen LogP contribution in [0, 0.1) is 0 Å². The van der Waals surface area contributed by atoms with Gasteiger partial charge in [-0.05, 0) is 16.7 Å². The highest BCUT2D eigenvalue weighted by molar-refractivity contribution is 5.89. The van der Waals surface area contributed by atoms with Crippen molar-refractivity contribution in [2.45, 2.75) is 18.6 Å². The highest BCUT2D eigenvalue weighted by Crippen LogP contribution is 2.44. The number of esters is 1. The molecule has 1 amide bonds. The number of hydrogen-bond donors (Lipinski definition) is 0. The number of piperazine rings is 1. The van der Waals surface area contributed by atoms with Crippen molar-refractivity contribution in [3.05, 3.63) is 71.3 Å². The summed E-state index contributed by atoms with van der Waals surface area (Å²) in [6, 6.07) is 16.8. The van der Waals surface area contributed by atoms with Gasteiger partial charge in [0.1, 0.15) is 12.1 Å². The number of nitrogens with zero attached hydrogens (tertiary/aromatic N) is 2. The molecule has 128 valence electrons. The van der Waals surface area contributed by atoms with Crippen LogP contribution in [0.1, 0.15) is 28.8 Å². The molecule has 1 saturated heterocycles. The summed E-state index contributed by atoms with van der Waals surface area (Å²) in [6.45, 7) is 1.85. The smallest absolute Gasteiger partial charge is 0.327 e. The predicted octanol–water partition coefficient (Wildman–Crippen LogP) is 2.30. The molecule has 1 fully saturated rings. The maximum Gasteiger partial charge on any atom is 0.327 e. The van der Waals surface area contributed by atoms with Crippen molar-refractivity contribution >= 4 is 11.9 Å². The van der Waals surface area contributed by atoms with Crippen molar-refractivity contribution < 1.29 is 14.3 Å². The summed E-state index contributed by atoms with van der Waals surface area (Å²) < 4.78 is 4.99. The topological polar surface area (TPSA) is 49.9 Å². The van der Waals surface area contributed by atoms with Gasteiger partial charge >= 0.3 is 5.97 Å². The molecule has 0 bridgehead atoms. The van der Waals surface area contributed by atoms with Crippen LogP contribution in [-0.2, 0) is 20.9 Å². The molecule has 0 saturated carbocycles. The zero-order valence-corrected chi connectivity index (χ0v) is 14.1. The molecule has 2 unspecified atom stereocenters. The monoisotopic (exact) mass is 336 g/mol. The predicted molar refractivity (Wildman–Crippen MR) is 92.5 cm³/mol. The van der Waals surface area contributed by atoms with Crippen LogP contribution < -0.4 is 0 Å². The van der Waals surface area contributed by atoms with Crippen molar-refractivity contribution in [2.75, 3.05) is 20.2 Å². The summed E-state index contributed by atoms with van der Waals surface area (Å²) in [7, 11) is 1.39. The van der Waals surface area contributed by atoms with Crippen LogP contribution in [0.25, 0.3) is 0 Å². The minimum Gasteiger partial charge on any atom is -0.468 e. The summed E-state index contributed by atoms with van der Waals surface area (Å²) in [6.07, 6.45) is 0. The largest absolute Gasteiger partial charge is 0.468 e. The lowest BCUT2D eigenvalue weighted by atomic mass is 10.0. The second-order valence-corrected chi connectivity index (χ2v) is 6.44. The quantitative estimate of drug-likeness (QED) is 0.807. The van der Waals surface area contributed by atoms with Gasteiger partial charge in [0.25, 0.3) is 0 Å². The molecular formula is C20H20N2O3. The number of rotatable bonds is 3. The lowest BCUT2D eigenvalue weighted by Crippen LogP contribution is -2.51. The summed E-state index contributed by atoms with van der Waals surface area (Å²) in [5, 5.41) is 0. The fourth-order valence-electron chi connectivity index (χ4n) is 3.90. The first-order valence-electron chi connectivity index (χ1n) is 8.46. The van der Waals surface area contributed by atoms with Crippen LogP contribution in [0.5, 0.6) is 0 Å². The Morgan fingerprint density at radius 3 is 2.44 bits per heavy atom. The third kappa shape index (κ3) is 2.61. The lowest BCUT2D eigenvalue weighted by Gasteiger charge is -2.38. The van der Waals surface area contributed by atoms with Gasteiger partial charge < -0.3 is 9.64 Å². The minimum atomic E-state index is -0.492. The Bertz CT molecular complexity index is 806. The summed E-state index contributed by atoms with van der Waals surface area (Å²) in [4.78, 5) is 29.3. The molecule has 2 aliphatic rings. The van der Waals surface area contributed by atoms with Crippen molar-refractivity contribution in [1.82, 2.24) is 9.80 Å². The molecule has 25 heavy (non-hydrogen) atoms. The van der Waals surface area contributed by atoms with Gasteiger partial charge in [-0.3, -0.25) is 9.69 Å². The van der Waals surface area contributed by atoms with E-state index in [1.165, 1.54) is 7.11 Å². The molecule has 0 aromatic heterocycles. The van der Waals surface area contributed by atoms with E-state index in [0.717, 1.165) is 16.7 Å². The molecule has 2 aliphatic heterocycles. The van der Waals surface area contributed by atoms with Crippen molar-refractivity contribution in [3.8, 4) is 0 Å².